The highest BCUT2D eigenvalue weighted by Gasteiger charge is 2.59. The minimum absolute atomic E-state index is 0.0384. The fourth-order valence-electron chi connectivity index (χ4n) is 9.06. The first kappa shape index (κ1) is 36.6. The number of aromatic carboxylic acids is 1. The Labute approximate surface area is 292 Å². The summed E-state index contributed by atoms with van der Waals surface area (Å²) >= 11 is 0. The van der Waals surface area contributed by atoms with E-state index in [1.165, 1.54) is 23.8 Å². The Hall–Kier alpha value is -2.14. The lowest BCUT2D eigenvalue weighted by Gasteiger charge is -2.54. The molecule has 0 radical (unpaired) electrons. The lowest BCUT2D eigenvalue weighted by molar-refractivity contribution is -0.323. The number of ketones is 1. The standard InChI is InChI=1S/C35H46O12S2/c1-18-10-22-11-23(32(42)43)12-24(27(22)29(39)26(18)19(2)38)46-33-30(40)31(41)35(25(13-37)47-33)7-6-20-4-3-5-21-14-44-15-34(8-9-36,28(20)21)16-48-49-17-45-35/h10-12,20-21,25,28,30-31,33,36-37,39-41H,3-9,13-17H2,1-2H3,(H,42,43)/t20-,21-,25+,28-,30+,31+,33+,34+,35+/m0/s1. The van der Waals surface area contributed by atoms with Crippen LogP contribution in [0.1, 0.15) is 71.7 Å². The van der Waals surface area contributed by atoms with Crippen molar-refractivity contribution in [1.29, 1.82) is 0 Å². The molecule has 0 amide bonds. The summed E-state index contributed by atoms with van der Waals surface area (Å²) in [6, 6.07) is 4.07. The van der Waals surface area contributed by atoms with Gasteiger partial charge in [0.05, 0.1) is 29.7 Å². The largest absolute Gasteiger partial charge is 0.506 e. The zero-order valence-electron chi connectivity index (χ0n) is 27.7. The highest BCUT2D eigenvalue weighted by Crippen LogP contribution is 2.55. The number of carboxylic acids is 1. The quantitative estimate of drug-likeness (QED) is 0.178. The van der Waals surface area contributed by atoms with Gasteiger partial charge in [0.1, 0.15) is 41.4 Å². The van der Waals surface area contributed by atoms with Crippen molar-refractivity contribution >= 4 is 44.1 Å². The predicted molar refractivity (Wildman–Crippen MR) is 183 cm³/mol. The van der Waals surface area contributed by atoms with Gasteiger partial charge in [-0.3, -0.25) is 4.79 Å². The van der Waals surface area contributed by atoms with Crippen LogP contribution in [0.3, 0.4) is 0 Å². The Morgan fingerprint density at radius 1 is 1.08 bits per heavy atom. The first-order valence-corrected chi connectivity index (χ1v) is 19.4. The number of fused-ring (bicyclic) bond motifs is 1. The molecule has 3 saturated heterocycles. The minimum Gasteiger partial charge on any atom is -0.506 e. The van der Waals surface area contributed by atoms with Gasteiger partial charge in [-0.2, -0.15) is 0 Å². The molecule has 14 heteroatoms. The number of aliphatic hydroxyl groups is 4. The van der Waals surface area contributed by atoms with Gasteiger partial charge in [0, 0.05) is 24.4 Å². The first-order valence-electron chi connectivity index (χ1n) is 16.9. The maximum Gasteiger partial charge on any atom is 0.335 e. The molecule has 6 N–H and O–H groups in total. The van der Waals surface area contributed by atoms with Crippen LogP contribution >= 0.6 is 21.6 Å². The number of aromatic hydroxyl groups is 1. The average Bonchev–Trinajstić information content (AvgIpc) is 3.09. The molecule has 4 aliphatic rings. The van der Waals surface area contributed by atoms with Crippen LogP contribution in [-0.2, 0) is 14.2 Å². The van der Waals surface area contributed by atoms with E-state index in [1.54, 1.807) is 23.8 Å². The van der Waals surface area contributed by atoms with Gasteiger partial charge >= 0.3 is 5.97 Å². The molecular weight excluding hydrogens is 677 g/mol. The van der Waals surface area contributed by atoms with Crippen molar-refractivity contribution < 1.29 is 59.2 Å². The highest BCUT2D eigenvalue weighted by molar-refractivity contribution is 8.76. The van der Waals surface area contributed by atoms with Crippen LogP contribution < -0.4 is 4.74 Å². The number of carboxylic acid groups (broad SMARTS) is 1. The summed E-state index contributed by atoms with van der Waals surface area (Å²) < 4.78 is 24.8. The van der Waals surface area contributed by atoms with E-state index in [2.05, 4.69) is 0 Å². The van der Waals surface area contributed by atoms with Gasteiger partial charge in [0.25, 0.3) is 0 Å². The number of Topliss-reactive ketones (excluding diaryl/α,β-unsaturated/α-hetero) is 1. The fourth-order valence-corrected chi connectivity index (χ4v) is 11.4. The predicted octanol–water partition coefficient (Wildman–Crippen LogP) is 3.89. The minimum atomic E-state index is -1.70. The molecular formula is C35H46O12S2. The maximum absolute atomic E-state index is 12.4. The Bertz CT molecular complexity index is 1540. The molecule has 1 aliphatic carbocycles. The van der Waals surface area contributed by atoms with E-state index in [9.17, 15) is 40.2 Å². The van der Waals surface area contributed by atoms with Crippen molar-refractivity contribution in [2.75, 3.05) is 38.1 Å². The van der Waals surface area contributed by atoms with Crippen LogP contribution in [0.5, 0.6) is 11.5 Å². The third kappa shape index (κ3) is 6.69. The van der Waals surface area contributed by atoms with Crippen LogP contribution in [0, 0.1) is 30.1 Å². The van der Waals surface area contributed by atoms with Crippen LogP contribution in [0.25, 0.3) is 10.8 Å². The molecule has 0 unspecified atom stereocenters. The molecule has 1 spiro atoms. The van der Waals surface area contributed by atoms with Crippen molar-refractivity contribution in [1.82, 2.24) is 0 Å². The second kappa shape index (κ2) is 14.8. The summed E-state index contributed by atoms with van der Waals surface area (Å²) in [6.45, 7) is 3.67. The van der Waals surface area contributed by atoms with Crippen molar-refractivity contribution in [3.05, 3.63) is 34.9 Å². The lowest BCUT2D eigenvalue weighted by atomic mass is 9.56. The van der Waals surface area contributed by atoms with Crippen molar-refractivity contribution in [2.24, 2.45) is 23.2 Å². The number of hydrogen-bond acceptors (Lipinski definition) is 13. The van der Waals surface area contributed by atoms with Gasteiger partial charge in [-0.05, 0) is 80.4 Å². The number of ether oxygens (including phenoxy) is 4. The number of hydrogen-bond donors (Lipinski definition) is 6. The summed E-state index contributed by atoms with van der Waals surface area (Å²) in [5, 5.41) is 65.7. The van der Waals surface area contributed by atoms with Crippen molar-refractivity contribution in [2.45, 2.75) is 82.6 Å². The molecule has 3 heterocycles. The van der Waals surface area contributed by atoms with E-state index in [4.69, 9.17) is 18.9 Å². The number of rotatable bonds is 7. The monoisotopic (exact) mass is 722 g/mol. The Balaban J connectivity index is 1.33. The van der Waals surface area contributed by atoms with Crippen LogP contribution in [-0.4, -0.2) is 111 Å². The highest BCUT2D eigenvalue weighted by atomic mass is 33.1. The summed E-state index contributed by atoms with van der Waals surface area (Å²) in [7, 11) is 3.08. The molecule has 0 bridgehead atoms. The SMILES string of the molecule is CC(=O)c1c(C)cc2cc(C(=O)O)cc(O[C@@H]3O[C@H](CO)[C@]4(CC[C@@H]5CCC[C@H]6COC[C@](CCO)(CSSCO4)[C@@H]56)[C@H](O)[C@H]3O)c2c1O. The van der Waals surface area contributed by atoms with Gasteiger partial charge in [0.2, 0.25) is 6.29 Å². The number of carbonyl (C=O) groups excluding carboxylic acids is 1. The number of benzene rings is 2. The number of aliphatic hydroxyl groups excluding tert-OH is 4. The second-order valence-corrected chi connectivity index (χ2v) is 16.5. The van der Waals surface area contributed by atoms with Crippen molar-refractivity contribution in [3.63, 3.8) is 0 Å². The summed E-state index contributed by atoms with van der Waals surface area (Å²) in [4.78, 5) is 24.5. The summed E-state index contributed by atoms with van der Waals surface area (Å²) in [5.41, 5.74) is -1.40. The van der Waals surface area contributed by atoms with E-state index < -0.39 is 54.3 Å². The van der Waals surface area contributed by atoms with Crippen LogP contribution in [0.15, 0.2) is 18.2 Å². The number of phenolic OH excluding ortho intramolecular Hbond substituents is 1. The Morgan fingerprint density at radius 3 is 2.57 bits per heavy atom. The normalized spacial score (nSPS) is 35.3. The third-order valence-corrected chi connectivity index (χ3v) is 13.5. The van der Waals surface area contributed by atoms with E-state index in [0.29, 0.717) is 43.5 Å². The maximum atomic E-state index is 12.4. The van der Waals surface area contributed by atoms with Crippen molar-refractivity contribution in [3.8, 4) is 11.5 Å². The summed E-state index contributed by atoms with van der Waals surface area (Å²) in [6.07, 6.45) is -1.43. The van der Waals surface area contributed by atoms with E-state index in [0.717, 1.165) is 31.1 Å². The molecule has 6 rings (SSSR count). The fraction of sp³-hybridized carbons (Fsp3) is 0.657. The first-order chi connectivity index (χ1) is 23.5. The zero-order valence-corrected chi connectivity index (χ0v) is 29.3. The molecule has 12 nitrogen and oxygen atoms in total. The zero-order chi connectivity index (χ0) is 35.1. The smallest absolute Gasteiger partial charge is 0.335 e. The molecule has 1 saturated carbocycles. The van der Waals surface area contributed by atoms with E-state index in [1.807, 2.05) is 0 Å². The van der Waals surface area contributed by atoms with Crippen LogP contribution in [0.2, 0.25) is 0 Å². The van der Waals surface area contributed by atoms with Gasteiger partial charge in [-0.15, -0.1) is 0 Å². The molecule has 270 valence electrons. The van der Waals surface area contributed by atoms with Gasteiger partial charge in [-0.1, -0.05) is 40.5 Å². The molecule has 4 fully saturated rings. The third-order valence-electron chi connectivity index (χ3n) is 11.2. The summed E-state index contributed by atoms with van der Waals surface area (Å²) in [5.74, 6) is -0.474. The Morgan fingerprint density at radius 2 is 1.86 bits per heavy atom. The molecule has 3 aliphatic heterocycles. The molecule has 9 atom stereocenters. The number of aryl methyl sites for hydroxylation is 1. The topological polar surface area (TPSA) is 192 Å². The average molecular weight is 723 g/mol. The molecule has 49 heavy (non-hydrogen) atoms. The van der Waals surface area contributed by atoms with Gasteiger partial charge in [-0.25, -0.2) is 4.79 Å². The second-order valence-electron chi connectivity index (χ2n) is 14.0. The Kier molecular flexibility index (Phi) is 11.1. The van der Waals surface area contributed by atoms with E-state index in [-0.39, 0.29) is 57.9 Å². The molecule has 2 aromatic carbocycles. The molecule has 2 aromatic rings. The number of phenols is 1. The van der Waals surface area contributed by atoms with Gasteiger partial charge in [0.15, 0.2) is 5.78 Å². The number of carbonyl (C=O) groups is 2. The van der Waals surface area contributed by atoms with Gasteiger partial charge < -0.3 is 49.6 Å². The lowest BCUT2D eigenvalue weighted by Crippen LogP contribution is -2.69. The van der Waals surface area contributed by atoms with Crippen LogP contribution in [0.4, 0.5) is 0 Å². The molecule has 0 aromatic heterocycles. The van der Waals surface area contributed by atoms with E-state index >= 15 is 0 Å².